The van der Waals surface area contributed by atoms with Crippen molar-refractivity contribution < 1.29 is 9.53 Å². The Bertz CT molecular complexity index is 1010. The maximum atomic E-state index is 13.3. The second-order valence-electron chi connectivity index (χ2n) is 8.53. The van der Waals surface area contributed by atoms with Crippen LogP contribution >= 0.6 is 0 Å². The van der Waals surface area contributed by atoms with Crippen LogP contribution in [0.5, 0.6) is 5.75 Å². The molecule has 30 heavy (non-hydrogen) atoms. The number of aromatic nitrogens is 1. The van der Waals surface area contributed by atoms with E-state index in [0.717, 1.165) is 43.7 Å². The summed E-state index contributed by atoms with van der Waals surface area (Å²) in [6.45, 7) is 6.20. The normalized spacial score (nSPS) is 16.0. The zero-order valence-electron chi connectivity index (χ0n) is 18.3. The number of aryl methyl sites for hydroxylation is 1. The number of nitrogens with one attached hydrogen (secondary N) is 1. The van der Waals surface area contributed by atoms with E-state index in [1.807, 2.05) is 12.1 Å². The van der Waals surface area contributed by atoms with Crippen LogP contribution in [-0.2, 0) is 11.2 Å². The Morgan fingerprint density at radius 3 is 2.70 bits per heavy atom. The number of amides is 1. The van der Waals surface area contributed by atoms with E-state index in [1.54, 1.807) is 7.11 Å². The van der Waals surface area contributed by atoms with Gasteiger partial charge in [0.05, 0.1) is 7.11 Å². The highest BCUT2D eigenvalue weighted by Gasteiger charge is 2.27. The number of H-pyrrole nitrogens is 1. The molecule has 1 N–H and O–H groups in total. The number of aromatic amines is 1. The summed E-state index contributed by atoms with van der Waals surface area (Å²) in [6, 6.07) is 14.6. The molecular formula is C26H32N2O2. The third kappa shape index (κ3) is 4.09. The highest BCUT2D eigenvalue weighted by atomic mass is 16.5. The van der Waals surface area contributed by atoms with Crippen LogP contribution in [0.1, 0.15) is 55.7 Å². The number of benzene rings is 2. The largest absolute Gasteiger partial charge is 0.497 e. The number of carbonyl (C=O) groups excluding carboxylic acids is 1. The smallest absolute Gasteiger partial charge is 0.223 e. The molecule has 0 spiro atoms. The molecule has 1 saturated heterocycles. The highest BCUT2D eigenvalue weighted by Crippen LogP contribution is 2.36. The number of methoxy groups -OCH3 is 1. The molecule has 2 aromatic carbocycles. The number of rotatable bonds is 6. The summed E-state index contributed by atoms with van der Waals surface area (Å²) in [7, 11) is 1.69. The van der Waals surface area contributed by atoms with E-state index in [2.05, 4.69) is 60.3 Å². The maximum absolute atomic E-state index is 13.3. The molecule has 2 heterocycles. The first-order chi connectivity index (χ1) is 14.6. The molecule has 0 saturated carbocycles. The number of hydrogen-bond acceptors (Lipinski definition) is 2. The Labute approximate surface area is 179 Å². The number of fused-ring (bicyclic) bond motifs is 1. The van der Waals surface area contributed by atoms with E-state index in [9.17, 15) is 4.79 Å². The lowest BCUT2D eigenvalue weighted by molar-refractivity contribution is -0.132. The zero-order valence-corrected chi connectivity index (χ0v) is 18.3. The summed E-state index contributed by atoms with van der Waals surface area (Å²) in [4.78, 5) is 18.8. The Kier molecular flexibility index (Phi) is 6.12. The van der Waals surface area contributed by atoms with Crippen LogP contribution in [0.4, 0.5) is 0 Å². The summed E-state index contributed by atoms with van der Waals surface area (Å²) in [5, 5.41) is 1.21. The topological polar surface area (TPSA) is 45.3 Å². The van der Waals surface area contributed by atoms with Gasteiger partial charge in [-0.05, 0) is 54.0 Å². The van der Waals surface area contributed by atoms with Gasteiger partial charge in [0.2, 0.25) is 5.91 Å². The summed E-state index contributed by atoms with van der Waals surface area (Å²) in [5.41, 5.74) is 4.80. The predicted octanol–water partition coefficient (Wildman–Crippen LogP) is 5.52. The number of ether oxygens (including phenoxy) is 1. The number of piperidine rings is 1. The monoisotopic (exact) mass is 404 g/mol. The van der Waals surface area contributed by atoms with Gasteiger partial charge in [0.15, 0.2) is 0 Å². The Balaban J connectivity index is 1.72. The van der Waals surface area contributed by atoms with Crippen molar-refractivity contribution in [1.29, 1.82) is 0 Å². The van der Waals surface area contributed by atoms with Gasteiger partial charge < -0.3 is 14.6 Å². The Morgan fingerprint density at radius 1 is 1.20 bits per heavy atom. The van der Waals surface area contributed by atoms with Crippen LogP contribution < -0.4 is 4.74 Å². The fourth-order valence-corrected chi connectivity index (χ4v) is 4.65. The number of likely N-dealkylation sites (tertiary alicyclic amines) is 1. The Hall–Kier alpha value is -2.75. The fourth-order valence-electron chi connectivity index (χ4n) is 4.65. The van der Waals surface area contributed by atoms with Gasteiger partial charge >= 0.3 is 0 Å². The lowest BCUT2D eigenvalue weighted by Gasteiger charge is -2.31. The van der Waals surface area contributed by atoms with Crippen molar-refractivity contribution in [3.05, 3.63) is 65.4 Å². The van der Waals surface area contributed by atoms with Crippen LogP contribution in [-0.4, -0.2) is 36.0 Å². The first kappa shape index (κ1) is 20.5. The fraction of sp³-hybridized carbons (Fsp3) is 0.423. The number of carbonyl (C=O) groups is 1. The van der Waals surface area contributed by atoms with Crippen LogP contribution in [0.2, 0.25) is 0 Å². The van der Waals surface area contributed by atoms with Crippen molar-refractivity contribution in [3.8, 4) is 5.75 Å². The zero-order chi connectivity index (χ0) is 21.1. The lowest BCUT2D eigenvalue weighted by Crippen LogP contribution is -2.38. The maximum Gasteiger partial charge on any atom is 0.223 e. The van der Waals surface area contributed by atoms with Crippen molar-refractivity contribution in [2.24, 2.45) is 5.92 Å². The third-order valence-electron chi connectivity index (χ3n) is 6.60. The SMILES string of the molecule is CCc1cccc2c([C@H](CC(=O)N3CCC(C)CC3)c3cccc(OC)c3)c[nH]c12. The van der Waals surface area contributed by atoms with E-state index in [1.165, 1.54) is 22.0 Å². The highest BCUT2D eigenvalue weighted by molar-refractivity contribution is 5.88. The molecule has 3 aromatic rings. The van der Waals surface area contributed by atoms with Crippen LogP contribution in [0, 0.1) is 5.92 Å². The minimum Gasteiger partial charge on any atom is -0.497 e. The van der Waals surface area contributed by atoms with Crippen molar-refractivity contribution in [1.82, 2.24) is 9.88 Å². The summed E-state index contributed by atoms with van der Waals surface area (Å²) in [5.74, 6) is 1.78. The van der Waals surface area contributed by atoms with E-state index >= 15 is 0 Å². The van der Waals surface area contributed by atoms with Crippen molar-refractivity contribution in [2.45, 2.75) is 45.4 Å². The van der Waals surface area contributed by atoms with E-state index in [4.69, 9.17) is 4.74 Å². The predicted molar refractivity (Wildman–Crippen MR) is 122 cm³/mol. The molecule has 4 heteroatoms. The minimum atomic E-state index is -0.00666. The first-order valence-corrected chi connectivity index (χ1v) is 11.1. The molecular weight excluding hydrogens is 372 g/mol. The molecule has 1 atom stereocenters. The molecule has 158 valence electrons. The number of para-hydroxylation sites is 1. The molecule has 0 unspecified atom stereocenters. The van der Waals surface area contributed by atoms with Gasteiger partial charge in [0.1, 0.15) is 5.75 Å². The van der Waals surface area contributed by atoms with Gasteiger partial charge in [-0.1, -0.05) is 44.2 Å². The first-order valence-electron chi connectivity index (χ1n) is 11.1. The molecule has 4 rings (SSSR count). The molecule has 1 amide bonds. The van der Waals surface area contributed by atoms with Crippen molar-refractivity contribution in [3.63, 3.8) is 0 Å². The average Bonchev–Trinajstić information content (AvgIpc) is 3.21. The lowest BCUT2D eigenvalue weighted by atomic mass is 9.87. The van der Waals surface area contributed by atoms with Gasteiger partial charge in [-0.25, -0.2) is 0 Å². The number of hydrogen-bond donors (Lipinski definition) is 1. The molecule has 1 fully saturated rings. The summed E-state index contributed by atoms with van der Waals surface area (Å²) in [6.07, 6.45) is 5.75. The van der Waals surface area contributed by atoms with E-state index < -0.39 is 0 Å². The van der Waals surface area contributed by atoms with E-state index in [-0.39, 0.29) is 11.8 Å². The van der Waals surface area contributed by atoms with Gasteiger partial charge in [0.25, 0.3) is 0 Å². The van der Waals surface area contributed by atoms with Gasteiger partial charge in [-0.3, -0.25) is 4.79 Å². The molecule has 1 aromatic heterocycles. The second kappa shape index (κ2) is 8.95. The minimum absolute atomic E-state index is 0.00666. The molecule has 1 aliphatic rings. The van der Waals surface area contributed by atoms with Crippen molar-refractivity contribution in [2.75, 3.05) is 20.2 Å². The van der Waals surface area contributed by atoms with Crippen LogP contribution in [0.3, 0.4) is 0 Å². The molecule has 1 aliphatic heterocycles. The standard InChI is InChI=1S/C26H32N2O2/c1-4-19-7-6-10-22-24(17-27-26(19)22)23(20-8-5-9-21(15-20)30-3)16-25(29)28-13-11-18(2)12-14-28/h5-10,15,17-18,23,27H,4,11-14,16H2,1-3H3/t23-/m1/s1. The second-order valence-corrected chi connectivity index (χ2v) is 8.53. The third-order valence-corrected chi connectivity index (χ3v) is 6.60. The number of nitrogens with zero attached hydrogens (tertiary/aromatic N) is 1. The molecule has 0 aliphatic carbocycles. The molecule has 4 nitrogen and oxygen atoms in total. The van der Waals surface area contributed by atoms with Crippen LogP contribution in [0.15, 0.2) is 48.7 Å². The quantitative estimate of drug-likeness (QED) is 0.588. The van der Waals surface area contributed by atoms with Crippen molar-refractivity contribution >= 4 is 16.8 Å². The van der Waals surface area contributed by atoms with Gasteiger partial charge in [-0.2, -0.15) is 0 Å². The average molecular weight is 405 g/mol. The summed E-state index contributed by atoms with van der Waals surface area (Å²) < 4.78 is 5.48. The van der Waals surface area contributed by atoms with Crippen LogP contribution in [0.25, 0.3) is 10.9 Å². The van der Waals surface area contributed by atoms with Gasteiger partial charge in [0, 0.05) is 42.5 Å². The Morgan fingerprint density at radius 2 is 1.97 bits per heavy atom. The van der Waals surface area contributed by atoms with Gasteiger partial charge in [-0.15, -0.1) is 0 Å². The molecule has 0 radical (unpaired) electrons. The van der Waals surface area contributed by atoms with E-state index in [0.29, 0.717) is 12.3 Å². The summed E-state index contributed by atoms with van der Waals surface area (Å²) >= 11 is 0. The molecule has 0 bridgehead atoms.